The molecule has 0 aliphatic rings. The Morgan fingerprint density at radius 2 is 1.76 bits per heavy atom. The van der Waals surface area contributed by atoms with Crippen LogP contribution < -0.4 is 10.6 Å². The molecule has 0 bridgehead atoms. The van der Waals surface area contributed by atoms with Crippen LogP contribution in [0.2, 0.25) is 10.0 Å². The molecule has 1 aromatic carbocycles. The Labute approximate surface area is 132 Å². The first-order valence-corrected chi connectivity index (χ1v) is 7.05. The van der Waals surface area contributed by atoms with Crippen molar-refractivity contribution in [1.29, 1.82) is 0 Å². The highest BCUT2D eigenvalue weighted by molar-refractivity contribution is 6.35. The molecule has 2 rings (SSSR count). The van der Waals surface area contributed by atoms with Crippen LogP contribution in [0.4, 0.5) is 11.5 Å². The molecule has 7 heteroatoms. The van der Waals surface area contributed by atoms with Gasteiger partial charge in [-0.15, -0.1) is 0 Å². The average Bonchev–Trinajstić information content (AvgIpc) is 2.37. The van der Waals surface area contributed by atoms with E-state index in [2.05, 4.69) is 20.6 Å². The molecule has 0 aliphatic carbocycles. The average molecular weight is 325 g/mol. The highest BCUT2D eigenvalue weighted by Gasteiger charge is 2.10. The minimum absolute atomic E-state index is 0.0376. The predicted octanol–water partition coefficient (Wildman–Crippen LogP) is 3.67. The third-order valence-corrected chi connectivity index (χ3v) is 2.89. The summed E-state index contributed by atoms with van der Waals surface area (Å²) in [4.78, 5) is 19.9. The quantitative estimate of drug-likeness (QED) is 0.900. The van der Waals surface area contributed by atoms with Gasteiger partial charge in [0, 0.05) is 27.8 Å². The number of hydrogen-bond acceptors (Lipinski definition) is 4. The number of carbonyl (C=O) groups excluding carboxylic acids is 1. The summed E-state index contributed by atoms with van der Waals surface area (Å²) in [5.74, 6) is 0.233. The van der Waals surface area contributed by atoms with Gasteiger partial charge in [-0.25, -0.2) is 9.97 Å². The molecule has 0 radical (unpaired) electrons. The van der Waals surface area contributed by atoms with Crippen molar-refractivity contribution in [3.63, 3.8) is 0 Å². The van der Waals surface area contributed by atoms with Gasteiger partial charge in [-0.1, -0.05) is 23.2 Å². The van der Waals surface area contributed by atoms with Crippen molar-refractivity contribution < 1.29 is 4.79 Å². The second-order valence-corrected chi connectivity index (χ2v) is 5.57. The van der Waals surface area contributed by atoms with E-state index in [9.17, 15) is 4.79 Å². The fraction of sp³-hybridized carbons (Fsp3) is 0.214. The van der Waals surface area contributed by atoms with E-state index < -0.39 is 0 Å². The van der Waals surface area contributed by atoms with E-state index in [1.54, 1.807) is 24.3 Å². The number of rotatable bonds is 4. The monoisotopic (exact) mass is 324 g/mol. The van der Waals surface area contributed by atoms with E-state index in [1.807, 2.05) is 13.8 Å². The van der Waals surface area contributed by atoms with Crippen LogP contribution >= 0.6 is 23.2 Å². The van der Waals surface area contributed by atoms with E-state index in [0.717, 1.165) is 0 Å². The summed E-state index contributed by atoms with van der Waals surface area (Å²) < 4.78 is 0. The van der Waals surface area contributed by atoms with Gasteiger partial charge < -0.3 is 10.6 Å². The SMILES string of the molecule is CC(C)NC(=O)c1cc(Nc2cc(Cl)cc(Cl)c2)ncn1. The normalized spacial score (nSPS) is 10.5. The number of aromatic nitrogens is 2. The van der Waals surface area contributed by atoms with Gasteiger partial charge >= 0.3 is 0 Å². The minimum atomic E-state index is -0.250. The number of nitrogens with zero attached hydrogens (tertiary/aromatic N) is 2. The summed E-state index contributed by atoms with van der Waals surface area (Å²) in [7, 11) is 0. The number of anilines is 2. The maximum atomic E-state index is 11.9. The van der Waals surface area contributed by atoms with E-state index in [0.29, 0.717) is 21.6 Å². The van der Waals surface area contributed by atoms with E-state index in [4.69, 9.17) is 23.2 Å². The van der Waals surface area contributed by atoms with Crippen molar-refractivity contribution in [2.24, 2.45) is 0 Å². The number of hydrogen-bond donors (Lipinski definition) is 2. The van der Waals surface area contributed by atoms with Crippen LogP contribution in [-0.4, -0.2) is 21.9 Å². The van der Waals surface area contributed by atoms with Crippen molar-refractivity contribution in [3.8, 4) is 0 Å². The number of nitrogens with one attached hydrogen (secondary N) is 2. The molecule has 21 heavy (non-hydrogen) atoms. The van der Waals surface area contributed by atoms with Gasteiger partial charge in [-0.2, -0.15) is 0 Å². The predicted molar refractivity (Wildman–Crippen MR) is 84.4 cm³/mol. The van der Waals surface area contributed by atoms with Gasteiger partial charge in [0.15, 0.2) is 0 Å². The Balaban J connectivity index is 2.19. The zero-order valence-electron chi connectivity index (χ0n) is 11.5. The molecule has 1 aromatic heterocycles. The molecule has 5 nitrogen and oxygen atoms in total. The molecular formula is C14H14Cl2N4O. The smallest absolute Gasteiger partial charge is 0.270 e. The highest BCUT2D eigenvalue weighted by Crippen LogP contribution is 2.24. The Hall–Kier alpha value is -1.85. The lowest BCUT2D eigenvalue weighted by Crippen LogP contribution is -2.30. The number of amides is 1. The van der Waals surface area contributed by atoms with Crippen LogP contribution in [0, 0.1) is 0 Å². The van der Waals surface area contributed by atoms with Crippen LogP contribution in [0.3, 0.4) is 0 Å². The third kappa shape index (κ3) is 4.58. The third-order valence-electron chi connectivity index (χ3n) is 2.45. The van der Waals surface area contributed by atoms with Crippen LogP contribution in [0.25, 0.3) is 0 Å². The van der Waals surface area contributed by atoms with Crippen molar-refractivity contribution in [3.05, 3.63) is 46.3 Å². The second kappa shape index (κ2) is 6.74. The molecule has 2 aromatic rings. The molecule has 110 valence electrons. The van der Waals surface area contributed by atoms with Gasteiger partial charge in [0.1, 0.15) is 17.8 Å². The first kappa shape index (κ1) is 15.5. The van der Waals surface area contributed by atoms with Gasteiger partial charge in [-0.05, 0) is 32.0 Å². The van der Waals surface area contributed by atoms with Crippen molar-refractivity contribution in [2.45, 2.75) is 19.9 Å². The maximum Gasteiger partial charge on any atom is 0.270 e. The molecule has 0 atom stereocenters. The summed E-state index contributed by atoms with van der Waals surface area (Å²) in [5, 5.41) is 6.83. The van der Waals surface area contributed by atoms with Crippen molar-refractivity contribution in [2.75, 3.05) is 5.32 Å². The Kier molecular flexibility index (Phi) is 4.98. The fourth-order valence-electron chi connectivity index (χ4n) is 1.66. The number of carbonyl (C=O) groups is 1. The summed E-state index contributed by atoms with van der Waals surface area (Å²) in [6, 6.07) is 6.66. The second-order valence-electron chi connectivity index (χ2n) is 4.70. The van der Waals surface area contributed by atoms with Gasteiger partial charge in [0.05, 0.1) is 0 Å². The lowest BCUT2D eigenvalue weighted by Gasteiger charge is -2.09. The topological polar surface area (TPSA) is 66.9 Å². The van der Waals surface area contributed by atoms with E-state index in [1.165, 1.54) is 6.33 Å². The summed E-state index contributed by atoms with van der Waals surface area (Å²) >= 11 is 11.9. The van der Waals surface area contributed by atoms with Crippen LogP contribution in [0.15, 0.2) is 30.6 Å². The van der Waals surface area contributed by atoms with Crippen LogP contribution in [0.1, 0.15) is 24.3 Å². The van der Waals surface area contributed by atoms with Crippen LogP contribution in [0.5, 0.6) is 0 Å². The number of halogens is 2. The molecule has 0 aliphatic heterocycles. The van der Waals surface area contributed by atoms with Gasteiger partial charge in [0.25, 0.3) is 5.91 Å². The maximum absolute atomic E-state index is 11.9. The van der Waals surface area contributed by atoms with Crippen molar-refractivity contribution >= 4 is 40.6 Å². The fourth-order valence-corrected chi connectivity index (χ4v) is 2.19. The molecule has 0 saturated carbocycles. The van der Waals surface area contributed by atoms with E-state index in [-0.39, 0.29) is 17.6 Å². The minimum Gasteiger partial charge on any atom is -0.349 e. The van der Waals surface area contributed by atoms with Crippen LogP contribution in [-0.2, 0) is 0 Å². The first-order valence-electron chi connectivity index (χ1n) is 6.30. The number of benzene rings is 1. The first-order chi connectivity index (χ1) is 9.94. The molecular weight excluding hydrogens is 311 g/mol. The zero-order chi connectivity index (χ0) is 15.4. The highest BCUT2D eigenvalue weighted by atomic mass is 35.5. The van der Waals surface area contributed by atoms with Crippen molar-refractivity contribution in [1.82, 2.24) is 15.3 Å². The molecule has 0 saturated heterocycles. The zero-order valence-corrected chi connectivity index (χ0v) is 13.0. The molecule has 0 unspecified atom stereocenters. The molecule has 0 fully saturated rings. The summed E-state index contributed by atoms with van der Waals surface area (Å²) in [5.41, 5.74) is 0.968. The Bertz CT molecular complexity index is 641. The van der Waals surface area contributed by atoms with E-state index >= 15 is 0 Å². The molecule has 0 spiro atoms. The lowest BCUT2D eigenvalue weighted by atomic mass is 10.3. The summed E-state index contributed by atoms with van der Waals surface area (Å²) in [6.07, 6.45) is 1.32. The lowest BCUT2D eigenvalue weighted by molar-refractivity contribution is 0.0938. The molecule has 2 N–H and O–H groups in total. The Morgan fingerprint density at radius 1 is 1.10 bits per heavy atom. The molecule has 1 heterocycles. The standard InChI is InChI=1S/C14H14Cl2N4O/c1-8(2)19-14(21)12-6-13(18-7-17-12)20-11-4-9(15)3-10(16)5-11/h3-8H,1-2H3,(H,19,21)(H,17,18,20). The van der Waals surface area contributed by atoms with Gasteiger partial charge in [-0.3, -0.25) is 4.79 Å². The molecule has 1 amide bonds. The Morgan fingerprint density at radius 3 is 2.38 bits per heavy atom. The van der Waals surface area contributed by atoms with Gasteiger partial charge in [0.2, 0.25) is 0 Å². The summed E-state index contributed by atoms with van der Waals surface area (Å²) in [6.45, 7) is 3.76. The largest absolute Gasteiger partial charge is 0.349 e.